The van der Waals surface area contributed by atoms with Crippen molar-refractivity contribution < 1.29 is 23.5 Å². The van der Waals surface area contributed by atoms with Gasteiger partial charge in [-0.2, -0.15) is 4.98 Å². The first-order chi connectivity index (χ1) is 16.1. The van der Waals surface area contributed by atoms with Crippen LogP contribution in [0.15, 0.2) is 47.0 Å². The van der Waals surface area contributed by atoms with Crippen LogP contribution < -0.4 is 14.2 Å². The summed E-state index contributed by atoms with van der Waals surface area (Å²) in [4.78, 5) is 19.4. The van der Waals surface area contributed by atoms with Crippen molar-refractivity contribution in [1.29, 1.82) is 0 Å². The number of benzene rings is 2. The first-order valence-electron chi connectivity index (χ1n) is 11.1. The zero-order chi connectivity index (χ0) is 23.2. The lowest BCUT2D eigenvalue weighted by Crippen LogP contribution is -2.39. The van der Waals surface area contributed by atoms with E-state index in [1.165, 1.54) is 0 Å². The van der Waals surface area contributed by atoms with Gasteiger partial charge in [0.25, 0.3) is 0 Å². The Morgan fingerprint density at radius 2 is 1.76 bits per heavy atom. The van der Waals surface area contributed by atoms with Gasteiger partial charge in [0.05, 0.1) is 21.3 Å². The van der Waals surface area contributed by atoms with Gasteiger partial charge in [-0.1, -0.05) is 41.9 Å². The number of aromatic nitrogens is 2. The van der Waals surface area contributed by atoms with Crippen LogP contribution in [-0.4, -0.2) is 48.8 Å². The molecule has 3 aromatic rings. The summed E-state index contributed by atoms with van der Waals surface area (Å²) in [5.74, 6) is 2.75. The Morgan fingerprint density at radius 1 is 1.06 bits per heavy atom. The summed E-state index contributed by atoms with van der Waals surface area (Å²) >= 11 is 0. The Morgan fingerprint density at radius 3 is 2.33 bits per heavy atom. The van der Waals surface area contributed by atoms with Crippen molar-refractivity contribution in [3.8, 4) is 28.6 Å². The van der Waals surface area contributed by atoms with E-state index in [4.69, 9.17) is 18.7 Å². The highest BCUT2D eigenvalue weighted by molar-refractivity contribution is 5.79. The molecular formula is C25H29N3O5. The molecule has 1 aliphatic rings. The number of rotatable bonds is 10. The number of hydrogen-bond donors (Lipinski definition) is 0. The number of hydrogen-bond acceptors (Lipinski definition) is 7. The van der Waals surface area contributed by atoms with E-state index in [-0.39, 0.29) is 11.8 Å². The molecule has 1 aromatic heterocycles. The third kappa shape index (κ3) is 5.10. The van der Waals surface area contributed by atoms with Crippen molar-refractivity contribution in [2.45, 2.75) is 32.2 Å². The molecule has 174 valence electrons. The number of nitrogens with zero attached hydrogens (tertiary/aromatic N) is 3. The fourth-order valence-corrected chi connectivity index (χ4v) is 3.90. The van der Waals surface area contributed by atoms with E-state index in [1.54, 1.807) is 33.5 Å². The topological polar surface area (TPSA) is 86.9 Å². The average Bonchev–Trinajstić information content (AvgIpc) is 3.29. The summed E-state index contributed by atoms with van der Waals surface area (Å²) in [5.41, 5.74) is 1.79. The fourth-order valence-electron chi connectivity index (χ4n) is 3.90. The SMILES string of the molecule is COc1cc(-c2noc(CCN(Cc3ccccc3)C(=O)C3CCC3)n2)cc(OC)c1OC. The van der Waals surface area contributed by atoms with Crippen LogP contribution in [0.4, 0.5) is 0 Å². The van der Waals surface area contributed by atoms with Crippen molar-refractivity contribution in [2.75, 3.05) is 27.9 Å². The van der Waals surface area contributed by atoms with Gasteiger partial charge in [-0.25, -0.2) is 0 Å². The molecule has 0 radical (unpaired) electrons. The monoisotopic (exact) mass is 451 g/mol. The summed E-state index contributed by atoms with van der Waals surface area (Å²) in [7, 11) is 4.67. The molecule has 0 spiro atoms. The molecule has 0 unspecified atom stereocenters. The minimum Gasteiger partial charge on any atom is -0.493 e. The zero-order valence-electron chi connectivity index (χ0n) is 19.2. The predicted octanol–water partition coefficient (Wildman–Crippen LogP) is 4.13. The Kier molecular flexibility index (Phi) is 7.12. The van der Waals surface area contributed by atoms with Crippen LogP contribution in [0.2, 0.25) is 0 Å². The molecule has 4 rings (SSSR count). The smallest absolute Gasteiger partial charge is 0.228 e. The number of ether oxygens (including phenoxy) is 3. The number of carbonyl (C=O) groups is 1. The molecule has 0 saturated heterocycles. The van der Waals surface area contributed by atoms with E-state index in [9.17, 15) is 4.79 Å². The van der Waals surface area contributed by atoms with E-state index >= 15 is 0 Å². The zero-order valence-corrected chi connectivity index (χ0v) is 19.2. The maximum atomic E-state index is 13.0. The van der Waals surface area contributed by atoms with Crippen LogP contribution in [0.1, 0.15) is 30.7 Å². The molecular weight excluding hydrogens is 422 g/mol. The highest BCUT2D eigenvalue weighted by Gasteiger charge is 2.29. The standard InChI is InChI=1S/C25H29N3O5/c1-30-20-14-19(15-21(31-2)23(20)32-3)24-26-22(33-27-24)12-13-28(25(29)18-10-7-11-18)16-17-8-5-4-6-9-17/h4-6,8-9,14-15,18H,7,10-13,16H2,1-3H3. The molecule has 1 amide bonds. The normalized spacial score (nSPS) is 13.3. The summed E-state index contributed by atoms with van der Waals surface area (Å²) in [6, 6.07) is 13.6. The number of amides is 1. The van der Waals surface area contributed by atoms with Gasteiger partial charge in [-0.3, -0.25) is 4.79 Å². The molecule has 1 fully saturated rings. The van der Waals surface area contributed by atoms with Gasteiger partial charge in [0, 0.05) is 31.0 Å². The predicted molar refractivity (Wildman–Crippen MR) is 122 cm³/mol. The van der Waals surface area contributed by atoms with E-state index < -0.39 is 0 Å². The largest absolute Gasteiger partial charge is 0.493 e. The van der Waals surface area contributed by atoms with E-state index in [2.05, 4.69) is 10.1 Å². The average molecular weight is 452 g/mol. The maximum Gasteiger partial charge on any atom is 0.228 e. The molecule has 0 atom stereocenters. The molecule has 0 aliphatic heterocycles. The van der Waals surface area contributed by atoms with Crippen molar-refractivity contribution in [1.82, 2.24) is 15.0 Å². The third-order valence-electron chi connectivity index (χ3n) is 5.97. The van der Waals surface area contributed by atoms with E-state index in [0.717, 1.165) is 24.8 Å². The lowest BCUT2D eigenvalue weighted by atomic mass is 9.84. The first kappa shape index (κ1) is 22.6. The molecule has 33 heavy (non-hydrogen) atoms. The van der Waals surface area contributed by atoms with Gasteiger partial charge in [0.2, 0.25) is 23.4 Å². The minimum atomic E-state index is 0.131. The second kappa shape index (κ2) is 10.4. The first-order valence-corrected chi connectivity index (χ1v) is 11.1. The van der Waals surface area contributed by atoms with Crippen LogP contribution in [0, 0.1) is 5.92 Å². The van der Waals surface area contributed by atoms with Crippen LogP contribution in [0.5, 0.6) is 17.2 Å². The molecule has 1 saturated carbocycles. The van der Waals surface area contributed by atoms with Gasteiger partial charge in [0.1, 0.15) is 0 Å². The Labute approximate surface area is 193 Å². The second-order valence-corrected chi connectivity index (χ2v) is 8.05. The summed E-state index contributed by atoms with van der Waals surface area (Å²) in [6.45, 7) is 1.09. The van der Waals surface area contributed by atoms with Gasteiger partial charge in [0.15, 0.2) is 11.5 Å². The highest BCUT2D eigenvalue weighted by Crippen LogP contribution is 2.40. The summed E-state index contributed by atoms with van der Waals surface area (Å²) < 4.78 is 21.7. The van der Waals surface area contributed by atoms with Crippen LogP contribution >= 0.6 is 0 Å². The maximum absolute atomic E-state index is 13.0. The molecule has 0 N–H and O–H groups in total. The number of methoxy groups -OCH3 is 3. The van der Waals surface area contributed by atoms with Gasteiger partial charge >= 0.3 is 0 Å². The van der Waals surface area contributed by atoms with Gasteiger partial charge in [-0.15, -0.1) is 0 Å². The van der Waals surface area contributed by atoms with Crippen molar-refractivity contribution in [2.24, 2.45) is 5.92 Å². The summed E-state index contributed by atoms with van der Waals surface area (Å²) in [5, 5.41) is 4.12. The van der Waals surface area contributed by atoms with Crippen molar-refractivity contribution in [3.63, 3.8) is 0 Å². The molecule has 1 aliphatic carbocycles. The molecule has 0 bridgehead atoms. The fraction of sp³-hybridized carbons (Fsp3) is 0.400. The second-order valence-electron chi connectivity index (χ2n) is 8.05. The van der Waals surface area contributed by atoms with Crippen molar-refractivity contribution in [3.05, 3.63) is 53.9 Å². The Balaban J connectivity index is 1.49. The van der Waals surface area contributed by atoms with Crippen molar-refractivity contribution >= 4 is 5.91 Å². The van der Waals surface area contributed by atoms with E-state index in [0.29, 0.717) is 54.0 Å². The van der Waals surface area contributed by atoms with Crippen LogP contribution in [0.25, 0.3) is 11.4 Å². The van der Waals surface area contributed by atoms with Crippen LogP contribution in [-0.2, 0) is 17.8 Å². The Hall–Kier alpha value is -3.55. The third-order valence-corrected chi connectivity index (χ3v) is 5.97. The summed E-state index contributed by atoms with van der Waals surface area (Å²) in [6.07, 6.45) is 3.53. The van der Waals surface area contributed by atoms with Gasteiger partial charge < -0.3 is 23.6 Å². The van der Waals surface area contributed by atoms with Gasteiger partial charge in [-0.05, 0) is 30.5 Å². The molecule has 8 nitrogen and oxygen atoms in total. The molecule has 2 aromatic carbocycles. The Bertz CT molecular complexity index is 1050. The number of carbonyl (C=O) groups excluding carboxylic acids is 1. The molecule has 8 heteroatoms. The highest BCUT2D eigenvalue weighted by atomic mass is 16.5. The molecule has 1 heterocycles. The lowest BCUT2D eigenvalue weighted by Gasteiger charge is -2.31. The minimum absolute atomic E-state index is 0.131. The lowest BCUT2D eigenvalue weighted by molar-refractivity contribution is -0.138. The van der Waals surface area contributed by atoms with E-state index in [1.807, 2.05) is 35.2 Å². The van der Waals surface area contributed by atoms with Crippen LogP contribution in [0.3, 0.4) is 0 Å². The quantitative estimate of drug-likeness (QED) is 0.458.